The van der Waals surface area contributed by atoms with Crippen LogP contribution in [0, 0.1) is 20.8 Å². The third-order valence-electron chi connectivity index (χ3n) is 3.91. The lowest BCUT2D eigenvalue weighted by Gasteiger charge is -2.13. The molecule has 0 saturated carbocycles. The van der Waals surface area contributed by atoms with Gasteiger partial charge in [-0.3, -0.25) is 4.98 Å². The highest BCUT2D eigenvalue weighted by atomic mass is 16.5. The Balaban J connectivity index is 1.97. The van der Waals surface area contributed by atoms with E-state index in [4.69, 9.17) is 4.74 Å². The molecular weight excluding hydrogens is 298 g/mol. The van der Waals surface area contributed by atoms with Crippen LogP contribution in [-0.2, 0) is 0 Å². The van der Waals surface area contributed by atoms with Crippen molar-refractivity contribution in [3.05, 3.63) is 83.0 Å². The zero-order valence-electron chi connectivity index (χ0n) is 14.0. The number of pyridine rings is 1. The molecule has 2 aromatic carbocycles. The fraction of sp³-hybridized carbons (Fsp3) is 0.143. The van der Waals surface area contributed by atoms with Gasteiger partial charge >= 0.3 is 5.97 Å². The SMILES string of the molecule is Cc1cc(C)c(C(=O)Oc2ccccc2-c2ccccn2)c(C)c1. The number of aryl methyl sites for hydroxylation is 3. The molecule has 24 heavy (non-hydrogen) atoms. The van der Waals surface area contributed by atoms with E-state index in [-0.39, 0.29) is 5.97 Å². The van der Waals surface area contributed by atoms with Gasteiger partial charge in [0.15, 0.2) is 0 Å². The molecule has 0 unspecified atom stereocenters. The number of rotatable bonds is 3. The van der Waals surface area contributed by atoms with E-state index in [1.165, 1.54) is 0 Å². The number of aromatic nitrogens is 1. The molecule has 0 aliphatic rings. The van der Waals surface area contributed by atoms with E-state index in [2.05, 4.69) is 4.98 Å². The number of para-hydroxylation sites is 1. The third-order valence-corrected chi connectivity index (χ3v) is 3.91. The molecule has 0 aliphatic heterocycles. The van der Waals surface area contributed by atoms with E-state index in [0.717, 1.165) is 27.9 Å². The molecule has 1 heterocycles. The van der Waals surface area contributed by atoms with Crippen molar-refractivity contribution in [1.29, 1.82) is 0 Å². The highest BCUT2D eigenvalue weighted by Crippen LogP contribution is 2.29. The van der Waals surface area contributed by atoms with Gasteiger partial charge < -0.3 is 4.74 Å². The molecule has 0 spiro atoms. The first-order valence-corrected chi connectivity index (χ1v) is 7.86. The molecule has 3 aromatic rings. The van der Waals surface area contributed by atoms with Gasteiger partial charge in [0.05, 0.1) is 11.3 Å². The van der Waals surface area contributed by atoms with E-state index in [1.807, 2.05) is 69.3 Å². The highest BCUT2D eigenvalue weighted by molar-refractivity contribution is 5.95. The summed E-state index contributed by atoms with van der Waals surface area (Å²) in [6, 6.07) is 17.1. The Hall–Kier alpha value is -2.94. The maximum atomic E-state index is 12.7. The van der Waals surface area contributed by atoms with E-state index >= 15 is 0 Å². The van der Waals surface area contributed by atoms with E-state index in [0.29, 0.717) is 11.3 Å². The van der Waals surface area contributed by atoms with Crippen LogP contribution < -0.4 is 4.74 Å². The van der Waals surface area contributed by atoms with E-state index in [9.17, 15) is 4.79 Å². The largest absolute Gasteiger partial charge is 0.422 e. The average molecular weight is 317 g/mol. The van der Waals surface area contributed by atoms with Gasteiger partial charge in [-0.15, -0.1) is 0 Å². The minimum absolute atomic E-state index is 0.339. The van der Waals surface area contributed by atoms with Gasteiger partial charge in [0, 0.05) is 11.8 Å². The van der Waals surface area contributed by atoms with Crippen LogP contribution in [0.1, 0.15) is 27.0 Å². The number of esters is 1. The summed E-state index contributed by atoms with van der Waals surface area (Å²) in [4.78, 5) is 17.1. The highest BCUT2D eigenvalue weighted by Gasteiger charge is 2.17. The first kappa shape index (κ1) is 15.9. The quantitative estimate of drug-likeness (QED) is 0.510. The lowest BCUT2D eigenvalue weighted by molar-refractivity contribution is 0.0734. The molecule has 3 nitrogen and oxygen atoms in total. The minimum atomic E-state index is -0.339. The number of nitrogens with zero attached hydrogens (tertiary/aromatic N) is 1. The summed E-state index contributed by atoms with van der Waals surface area (Å²) in [5.41, 5.74) is 5.18. The fourth-order valence-electron chi connectivity index (χ4n) is 2.94. The minimum Gasteiger partial charge on any atom is -0.422 e. The van der Waals surface area contributed by atoms with Gasteiger partial charge in [-0.25, -0.2) is 4.79 Å². The summed E-state index contributed by atoms with van der Waals surface area (Å²) in [6.07, 6.45) is 1.72. The molecule has 1 aromatic heterocycles. The topological polar surface area (TPSA) is 39.2 Å². The summed E-state index contributed by atoms with van der Waals surface area (Å²) in [5, 5.41) is 0. The van der Waals surface area contributed by atoms with Crippen LogP contribution in [0.2, 0.25) is 0 Å². The van der Waals surface area contributed by atoms with Crippen LogP contribution in [0.3, 0.4) is 0 Å². The Kier molecular flexibility index (Phi) is 4.43. The zero-order valence-corrected chi connectivity index (χ0v) is 14.0. The van der Waals surface area contributed by atoms with Crippen LogP contribution in [0.4, 0.5) is 0 Å². The standard InChI is InChI=1S/C21H19NO2/c1-14-12-15(2)20(16(3)13-14)21(23)24-19-10-5-4-8-17(19)18-9-6-7-11-22-18/h4-13H,1-3H3. The van der Waals surface area contributed by atoms with Crippen molar-refractivity contribution in [1.82, 2.24) is 4.98 Å². The Morgan fingerprint density at radius 2 is 1.58 bits per heavy atom. The monoisotopic (exact) mass is 317 g/mol. The number of carbonyl (C=O) groups excluding carboxylic acids is 1. The van der Waals surface area contributed by atoms with Gasteiger partial charge in [-0.05, 0) is 56.2 Å². The first-order chi connectivity index (χ1) is 11.6. The number of benzene rings is 2. The predicted octanol–water partition coefficient (Wildman–Crippen LogP) is 4.89. The molecule has 0 N–H and O–H groups in total. The normalized spacial score (nSPS) is 10.5. The smallest absolute Gasteiger partial charge is 0.344 e. The van der Waals surface area contributed by atoms with Crippen LogP contribution in [0.5, 0.6) is 5.75 Å². The number of carbonyl (C=O) groups is 1. The predicted molar refractivity (Wildman–Crippen MR) is 95.3 cm³/mol. The van der Waals surface area contributed by atoms with E-state index < -0.39 is 0 Å². The van der Waals surface area contributed by atoms with E-state index in [1.54, 1.807) is 12.3 Å². The first-order valence-electron chi connectivity index (χ1n) is 7.86. The van der Waals surface area contributed by atoms with Crippen molar-refractivity contribution < 1.29 is 9.53 Å². The summed E-state index contributed by atoms with van der Waals surface area (Å²) >= 11 is 0. The summed E-state index contributed by atoms with van der Waals surface area (Å²) in [7, 11) is 0. The second kappa shape index (κ2) is 6.67. The zero-order chi connectivity index (χ0) is 17.1. The van der Waals surface area contributed by atoms with Gasteiger partial charge in [-0.2, -0.15) is 0 Å². The number of hydrogen-bond donors (Lipinski definition) is 0. The Labute approximate surface area is 142 Å². The average Bonchev–Trinajstić information content (AvgIpc) is 2.55. The molecule has 0 aliphatic carbocycles. The lowest BCUT2D eigenvalue weighted by atomic mass is 10.00. The number of ether oxygens (including phenoxy) is 1. The van der Waals surface area contributed by atoms with Crippen molar-refractivity contribution in [2.45, 2.75) is 20.8 Å². The number of hydrogen-bond acceptors (Lipinski definition) is 3. The van der Waals surface area contributed by atoms with Crippen molar-refractivity contribution in [2.24, 2.45) is 0 Å². The summed E-state index contributed by atoms with van der Waals surface area (Å²) in [6.45, 7) is 5.88. The van der Waals surface area contributed by atoms with Gasteiger partial charge in [-0.1, -0.05) is 35.9 Å². The molecule has 0 fully saturated rings. The summed E-state index contributed by atoms with van der Waals surface area (Å²) in [5.74, 6) is 0.175. The second-order valence-corrected chi connectivity index (χ2v) is 5.87. The molecule has 120 valence electrons. The Morgan fingerprint density at radius 3 is 2.25 bits per heavy atom. The molecule has 3 rings (SSSR count). The maximum absolute atomic E-state index is 12.7. The molecule has 0 amide bonds. The van der Waals surface area contributed by atoms with Crippen molar-refractivity contribution >= 4 is 5.97 Å². The Morgan fingerprint density at radius 1 is 0.917 bits per heavy atom. The molecule has 0 atom stereocenters. The van der Waals surface area contributed by atoms with Crippen molar-refractivity contribution in [3.8, 4) is 17.0 Å². The lowest BCUT2D eigenvalue weighted by Crippen LogP contribution is -2.13. The van der Waals surface area contributed by atoms with Crippen LogP contribution in [0.15, 0.2) is 60.8 Å². The van der Waals surface area contributed by atoms with Crippen molar-refractivity contribution in [2.75, 3.05) is 0 Å². The fourth-order valence-corrected chi connectivity index (χ4v) is 2.94. The van der Waals surface area contributed by atoms with Gasteiger partial charge in [0.25, 0.3) is 0 Å². The molecule has 0 radical (unpaired) electrons. The van der Waals surface area contributed by atoms with Crippen molar-refractivity contribution in [3.63, 3.8) is 0 Å². The summed E-state index contributed by atoms with van der Waals surface area (Å²) < 4.78 is 5.71. The third kappa shape index (κ3) is 3.20. The molecule has 3 heteroatoms. The maximum Gasteiger partial charge on any atom is 0.344 e. The molecule has 0 saturated heterocycles. The van der Waals surface area contributed by atoms with Crippen LogP contribution in [-0.4, -0.2) is 11.0 Å². The van der Waals surface area contributed by atoms with Gasteiger partial charge in [0.1, 0.15) is 5.75 Å². The molecular formula is C21H19NO2. The second-order valence-electron chi connectivity index (χ2n) is 5.87. The van der Waals surface area contributed by atoms with Gasteiger partial charge in [0.2, 0.25) is 0 Å². The molecule has 0 bridgehead atoms. The van der Waals surface area contributed by atoms with Crippen LogP contribution >= 0.6 is 0 Å². The Bertz CT molecular complexity index is 862. The van der Waals surface area contributed by atoms with Crippen LogP contribution in [0.25, 0.3) is 11.3 Å².